The van der Waals surface area contributed by atoms with Crippen molar-refractivity contribution in [1.29, 1.82) is 5.26 Å². The van der Waals surface area contributed by atoms with Gasteiger partial charge in [0.05, 0.1) is 5.56 Å². The van der Waals surface area contributed by atoms with Gasteiger partial charge in [0.15, 0.2) is 0 Å². The van der Waals surface area contributed by atoms with Crippen LogP contribution in [0.2, 0.25) is 0 Å². The maximum absolute atomic E-state index is 12.6. The van der Waals surface area contributed by atoms with Crippen molar-refractivity contribution in [2.45, 2.75) is 6.61 Å². The first-order valence-electron chi connectivity index (χ1n) is 10.7. The number of nitrogens with one attached hydrogen (secondary N) is 1. The van der Waals surface area contributed by atoms with Crippen LogP contribution in [0.1, 0.15) is 21.7 Å². The number of carbonyl (C=O) groups excluding carboxylic acids is 1. The minimum absolute atomic E-state index is 0.128. The summed E-state index contributed by atoms with van der Waals surface area (Å²) in [5.74, 6) is -0.133. The first-order valence-corrected chi connectivity index (χ1v) is 10.7. The second kappa shape index (κ2) is 10.7. The third-order valence-corrected chi connectivity index (χ3v) is 5.06. The van der Waals surface area contributed by atoms with Crippen molar-refractivity contribution in [3.63, 3.8) is 0 Å². The van der Waals surface area contributed by atoms with E-state index in [9.17, 15) is 14.9 Å². The topological polar surface area (TPSA) is 113 Å². The molecule has 35 heavy (non-hydrogen) atoms. The summed E-state index contributed by atoms with van der Waals surface area (Å²) in [6.45, 7) is 0.433. The molecule has 0 bridgehead atoms. The quantitative estimate of drug-likeness (QED) is 0.253. The number of furan rings is 1. The lowest BCUT2D eigenvalue weighted by atomic mass is 10.1. The van der Waals surface area contributed by atoms with Crippen molar-refractivity contribution in [2.75, 3.05) is 5.32 Å². The number of anilines is 1. The summed E-state index contributed by atoms with van der Waals surface area (Å²) in [5, 5.41) is 21.2. The molecule has 0 aliphatic heterocycles. The summed E-state index contributed by atoms with van der Waals surface area (Å²) in [4.78, 5) is 23.6. The summed E-state index contributed by atoms with van der Waals surface area (Å²) in [6, 6.07) is 28.0. The maximum atomic E-state index is 12.6. The molecular formula is C28H20N2O5. The second-order valence-corrected chi connectivity index (χ2v) is 7.51. The fourth-order valence-electron chi connectivity index (χ4n) is 3.23. The minimum Gasteiger partial charge on any atom is -0.489 e. The largest absolute Gasteiger partial charge is 0.489 e. The first-order chi connectivity index (χ1) is 17.0. The lowest BCUT2D eigenvalue weighted by molar-refractivity contribution is -0.112. The fraction of sp³-hybridized carbons (Fsp3) is 0.0357. The molecule has 0 fully saturated rings. The van der Waals surface area contributed by atoms with Crippen LogP contribution >= 0.6 is 0 Å². The lowest BCUT2D eigenvalue weighted by Crippen LogP contribution is -2.13. The zero-order valence-electron chi connectivity index (χ0n) is 18.5. The van der Waals surface area contributed by atoms with E-state index in [1.807, 2.05) is 36.4 Å². The van der Waals surface area contributed by atoms with Crippen molar-refractivity contribution in [3.05, 3.63) is 113 Å². The van der Waals surface area contributed by atoms with Gasteiger partial charge in [0.2, 0.25) is 0 Å². The van der Waals surface area contributed by atoms with Gasteiger partial charge in [0.25, 0.3) is 5.91 Å². The summed E-state index contributed by atoms with van der Waals surface area (Å²) in [6.07, 6.45) is 1.35. The van der Waals surface area contributed by atoms with E-state index in [1.54, 1.807) is 48.5 Å². The van der Waals surface area contributed by atoms with E-state index < -0.39 is 11.9 Å². The Labute approximate surface area is 201 Å². The number of nitriles is 1. The van der Waals surface area contributed by atoms with E-state index in [0.29, 0.717) is 35.1 Å². The molecule has 2 N–H and O–H groups in total. The molecule has 0 saturated carbocycles. The number of hydrogen-bond donors (Lipinski definition) is 2. The van der Waals surface area contributed by atoms with E-state index in [4.69, 9.17) is 14.3 Å². The lowest BCUT2D eigenvalue weighted by Gasteiger charge is -2.08. The average Bonchev–Trinajstić information content (AvgIpc) is 3.36. The second-order valence-electron chi connectivity index (χ2n) is 7.51. The van der Waals surface area contributed by atoms with Crippen LogP contribution in [-0.2, 0) is 11.4 Å². The Morgan fingerprint density at radius 3 is 2.31 bits per heavy atom. The fourth-order valence-corrected chi connectivity index (χ4v) is 3.23. The molecule has 1 amide bonds. The normalized spacial score (nSPS) is 10.9. The zero-order valence-corrected chi connectivity index (χ0v) is 18.5. The standard InChI is InChI=1S/C28H20N2O5/c29-17-22(16-25-14-15-26(35-25)20-6-8-21(9-7-20)28(32)33)27(31)30-23-10-12-24(13-11-23)34-18-19-4-2-1-3-5-19/h1-16H,18H2,(H,30,31)(H,32,33)/b22-16+. The number of carboxylic acid groups (broad SMARTS) is 1. The van der Waals surface area contributed by atoms with Crippen LogP contribution in [0.15, 0.2) is 101 Å². The number of rotatable bonds is 8. The van der Waals surface area contributed by atoms with Gasteiger partial charge in [-0.1, -0.05) is 42.5 Å². The molecule has 0 spiro atoms. The maximum Gasteiger partial charge on any atom is 0.335 e. The third kappa shape index (κ3) is 6.03. The van der Waals surface area contributed by atoms with Crippen LogP contribution in [-0.4, -0.2) is 17.0 Å². The van der Waals surface area contributed by atoms with Gasteiger partial charge in [-0.25, -0.2) is 4.79 Å². The molecule has 7 heteroatoms. The van der Waals surface area contributed by atoms with Gasteiger partial charge in [-0.05, 0) is 54.1 Å². The summed E-state index contributed by atoms with van der Waals surface area (Å²) in [7, 11) is 0. The molecule has 0 aliphatic rings. The molecule has 0 atom stereocenters. The minimum atomic E-state index is -1.02. The van der Waals surface area contributed by atoms with Crippen LogP contribution in [0.3, 0.4) is 0 Å². The summed E-state index contributed by atoms with van der Waals surface area (Å²) >= 11 is 0. The van der Waals surface area contributed by atoms with E-state index in [1.165, 1.54) is 18.2 Å². The molecule has 172 valence electrons. The van der Waals surface area contributed by atoms with Crippen LogP contribution in [0.5, 0.6) is 5.75 Å². The molecule has 3 aromatic carbocycles. The highest BCUT2D eigenvalue weighted by Crippen LogP contribution is 2.24. The van der Waals surface area contributed by atoms with Crippen molar-refractivity contribution in [3.8, 4) is 23.1 Å². The van der Waals surface area contributed by atoms with Crippen LogP contribution in [0.4, 0.5) is 5.69 Å². The Kier molecular flexibility index (Phi) is 7.05. The molecule has 0 aliphatic carbocycles. The number of hydrogen-bond acceptors (Lipinski definition) is 5. The number of benzene rings is 3. The van der Waals surface area contributed by atoms with Gasteiger partial charge in [0, 0.05) is 17.3 Å². The SMILES string of the molecule is N#C/C(=C\c1ccc(-c2ccc(C(=O)O)cc2)o1)C(=O)Nc1ccc(OCc2ccccc2)cc1. The Bertz CT molecular complexity index is 1400. The van der Waals surface area contributed by atoms with Gasteiger partial charge >= 0.3 is 5.97 Å². The molecule has 4 aromatic rings. The van der Waals surface area contributed by atoms with E-state index in [2.05, 4.69) is 5.32 Å². The Balaban J connectivity index is 1.39. The average molecular weight is 464 g/mol. The van der Waals surface area contributed by atoms with Crippen molar-refractivity contribution in [1.82, 2.24) is 0 Å². The number of aromatic carboxylic acids is 1. The Hall–Kier alpha value is -5.09. The Morgan fingerprint density at radius 1 is 0.943 bits per heavy atom. The zero-order chi connectivity index (χ0) is 24.6. The Morgan fingerprint density at radius 2 is 1.66 bits per heavy atom. The van der Waals surface area contributed by atoms with Gasteiger partial charge in [-0.3, -0.25) is 4.79 Å². The van der Waals surface area contributed by atoms with Gasteiger partial charge in [-0.15, -0.1) is 0 Å². The highest BCUT2D eigenvalue weighted by molar-refractivity contribution is 6.09. The van der Waals surface area contributed by atoms with Crippen molar-refractivity contribution < 1.29 is 23.8 Å². The van der Waals surface area contributed by atoms with Gasteiger partial charge in [0.1, 0.15) is 35.5 Å². The molecule has 1 aromatic heterocycles. The van der Waals surface area contributed by atoms with Gasteiger partial charge in [-0.2, -0.15) is 5.26 Å². The summed E-state index contributed by atoms with van der Waals surface area (Å²) < 4.78 is 11.4. The van der Waals surface area contributed by atoms with Crippen LogP contribution in [0, 0.1) is 11.3 Å². The molecule has 0 saturated heterocycles. The van der Waals surface area contributed by atoms with Crippen molar-refractivity contribution in [2.24, 2.45) is 0 Å². The van der Waals surface area contributed by atoms with Crippen molar-refractivity contribution >= 4 is 23.6 Å². The highest BCUT2D eigenvalue weighted by Gasteiger charge is 2.12. The third-order valence-electron chi connectivity index (χ3n) is 5.06. The molecule has 7 nitrogen and oxygen atoms in total. The first kappa shape index (κ1) is 23.1. The molecule has 0 radical (unpaired) electrons. The molecular weight excluding hydrogens is 444 g/mol. The molecule has 1 heterocycles. The van der Waals surface area contributed by atoms with Gasteiger partial charge < -0.3 is 19.6 Å². The van der Waals surface area contributed by atoms with E-state index >= 15 is 0 Å². The monoisotopic (exact) mass is 464 g/mol. The predicted octanol–water partition coefficient (Wildman–Crippen LogP) is 5.77. The summed E-state index contributed by atoms with van der Waals surface area (Å²) in [5.41, 5.74) is 2.28. The number of carboxylic acids is 1. The molecule has 0 unspecified atom stereocenters. The van der Waals surface area contributed by atoms with Crippen LogP contribution in [0.25, 0.3) is 17.4 Å². The molecule has 4 rings (SSSR count). The smallest absolute Gasteiger partial charge is 0.335 e. The number of amides is 1. The number of carbonyl (C=O) groups is 2. The van der Waals surface area contributed by atoms with E-state index in [0.717, 1.165) is 5.56 Å². The predicted molar refractivity (Wildman–Crippen MR) is 131 cm³/mol. The highest BCUT2D eigenvalue weighted by atomic mass is 16.5. The van der Waals surface area contributed by atoms with Crippen LogP contribution < -0.4 is 10.1 Å². The number of nitrogens with zero attached hydrogens (tertiary/aromatic N) is 1. The number of ether oxygens (including phenoxy) is 1. The van der Waals surface area contributed by atoms with E-state index in [-0.39, 0.29) is 11.1 Å².